The van der Waals surface area contributed by atoms with E-state index >= 15 is 0 Å². The first-order valence-electron chi connectivity index (χ1n) is 14.0. The molecule has 0 spiro atoms. The van der Waals surface area contributed by atoms with Crippen LogP contribution in [-0.2, 0) is 18.9 Å². The molecule has 0 bridgehead atoms. The van der Waals surface area contributed by atoms with E-state index in [0.29, 0.717) is 28.6 Å². The summed E-state index contributed by atoms with van der Waals surface area (Å²) in [6.45, 7) is 15.1. The van der Waals surface area contributed by atoms with Crippen molar-refractivity contribution in [2.75, 3.05) is 7.05 Å². The fourth-order valence-corrected chi connectivity index (χ4v) is 10.8. The van der Waals surface area contributed by atoms with Gasteiger partial charge >= 0.3 is 0 Å². The smallest absolute Gasteiger partial charge is 0.192 e. The van der Waals surface area contributed by atoms with E-state index in [2.05, 4.69) is 45.6 Å². The van der Waals surface area contributed by atoms with Crippen molar-refractivity contribution in [2.24, 2.45) is 16.2 Å². The lowest BCUT2D eigenvalue weighted by Crippen LogP contribution is -2.45. The lowest BCUT2D eigenvalue weighted by Gasteiger charge is -2.42. The van der Waals surface area contributed by atoms with E-state index in [9.17, 15) is 9.00 Å². The zero-order valence-corrected chi connectivity index (χ0v) is 25.4. The molecule has 0 N–H and O–H groups in total. The molecule has 0 heterocycles. The molecule has 1 aromatic rings. The molecule has 1 aliphatic rings. The first-order chi connectivity index (χ1) is 17.2. The molecule has 0 aliphatic heterocycles. The molecular formula is C30H49NO3SSi. The van der Waals surface area contributed by atoms with Gasteiger partial charge in [-0.1, -0.05) is 65.3 Å². The maximum Gasteiger partial charge on any atom is 0.192 e. The standard InChI is InChI=1S/C30H49NO3SSi/c1-8-12-14-23-28(32)30(35(33,31-7)25-19-15-13-16-20-25)27-22-18-17-21-26(27)29(24(5)6)34-36(9-2,10-3)11-4/h8,13,15-16,19-20,24,26,29H,1,9-12,14,17-18,21-23H2,2-7H3/b30-27+/t26-,29+,35-/m1/s1. The van der Waals surface area contributed by atoms with E-state index in [1.165, 1.54) is 0 Å². The van der Waals surface area contributed by atoms with Gasteiger partial charge in [0.15, 0.2) is 14.1 Å². The van der Waals surface area contributed by atoms with E-state index in [1.807, 2.05) is 36.4 Å². The molecule has 6 heteroatoms. The summed E-state index contributed by atoms with van der Waals surface area (Å²) in [4.78, 5) is 15.0. The molecule has 3 atom stereocenters. The molecule has 0 saturated heterocycles. The zero-order valence-electron chi connectivity index (χ0n) is 23.6. The van der Waals surface area contributed by atoms with Crippen LogP contribution in [0.25, 0.3) is 0 Å². The first-order valence-corrected chi connectivity index (χ1v) is 18.0. The topological polar surface area (TPSA) is 55.7 Å². The fraction of sp³-hybridized carbons (Fsp3) is 0.633. The van der Waals surface area contributed by atoms with Crippen LogP contribution in [0.15, 0.2) is 62.7 Å². The van der Waals surface area contributed by atoms with Crippen LogP contribution in [0.1, 0.15) is 79.6 Å². The number of benzene rings is 1. The SMILES string of the molecule is C=CCCCC(=O)/C(=C1/CCCC[C@H]1[C@@H](O[Si](CC)(CC)CC)C(C)C)[S@@](=O)(=NC)c1ccccc1. The molecule has 0 unspecified atom stereocenters. The van der Waals surface area contributed by atoms with Crippen molar-refractivity contribution < 1.29 is 13.4 Å². The highest BCUT2D eigenvalue weighted by atomic mass is 32.2. The second-order valence-corrected chi connectivity index (χ2v) is 17.4. The highest BCUT2D eigenvalue weighted by Gasteiger charge is 2.41. The van der Waals surface area contributed by atoms with Gasteiger partial charge in [-0.05, 0) is 73.9 Å². The van der Waals surface area contributed by atoms with E-state index in [1.54, 1.807) is 7.05 Å². The maximum atomic E-state index is 14.7. The van der Waals surface area contributed by atoms with E-state index in [4.69, 9.17) is 4.43 Å². The van der Waals surface area contributed by atoms with Crippen LogP contribution in [0.3, 0.4) is 0 Å². The summed E-state index contributed by atoms with van der Waals surface area (Å²) in [6.07, 6.45) is 7.58. The minimum atomic E-state index is -3.05. The van der Waals surface area contributed by atoms with Crippen molar-refractivity contribution in [2.45, 2.75) is 109 Å². The third-order valence-corrected chi connectivity index (χ3v) is 15.1. The predicted octanol–water partition coefficient (Wildman–Crippen LogP) is 8.56. The van der Waals surface area contributed by atoms with Gasteiger partial charge in [-0.15, -0.1) is 6.58 Å². The minimum Gasteiger partial charge on any atom is -0.413 e. The van der Waals surface area contributed by atoms with Gasteiger partial charge in [-0.2, -0.15) is 0 Å². The van der Waals surface area contributed by atoms with Gasteiger partial charge in [-0.3, -0.25) is 4.79 Å². The number of Topliss-reactive ketones (excluding diaryl/α,β-unsaturated/α-hetero) is 1. The van der Waals surface area contributed by atoms with Gasteiger partial charge < -0.3 is 4.43 Å². The second kappa shape index (κ2) is 14.4. The summed E-state index contributed by atoms with van der Waals surface area (Å²) in [5.41, 5.74) is 1.05. The number of allylic oxidation sites excluding steroid dienone is 2. The molecule has 202 valence electrons. The van der Waals surface area contributed by atoms with Crippen LogP contribution < -0.4 is 0 Å². The highest BCUT2D eigenvalue weighted by Crippen LogP contribution is 2.43. The van der Waals surface area contributed by atoms with E-state index in [-0.39, 0.29) is 17.8 Å². The molecule has 1 saturated carbocycles. The van der Waals surface area contributed by atoms with Crippen LogP contribution in [0.2, 0.25) is 18.1 Å². The number of carbonyl (C=O) groups excluding carboxylic acids is 1. The Balaban J connectivity index is 2.76. The summed E-state index contributed by atoms with van der Waals surface area (Å²) in [5.74, 6) is 0.383. The second-order valence-electron chi connectivity index (χ2n) is 10.4. The number of carbonyl (C=O) groups is 1. The average molecular weight is 532 g/mol. The van der Waals surface area contributed by atoms with E-state index < -0.39 is 18.0 Å². The van der Waals surface area contributed by atoms with Crippen molar-refractivity contribution in [3.05, 3.63) is 53.5 Å². The summed E-state index contributed by atoms with van der Waals surface area (Å²) in [6, 6.07) is 12.6. The maximum absolute atomic E-state index is 14.7. The van der Waals surface area contributed by atoms with Gasteiger partial charge in [0.1, 0.15) is 9.73 Å². The molecule has 36 heavy (non-hydrogen) atoms. The number of hydrogen-bond donors (Lipinski definition) is 0. The normalized spacial score (nSPS) is 20.5. The number of nitrogens with zero attached hydrogens (tertiary/aromatic N) is 1. The molecular weight excluding hydrogens is 482 g/mol. The van der Waals surface area contributed by atoms with Crippen LogP contribution in [0, 0.1) is 11.8 Å². The number of ketones is 1. The Hall–Kier alpha value is -1.50. The fourth-order valence-electron chi connectivity index (χ4n) is 5.61. The molecule has 4 nitrogen and oxygen atoms in total. The summed E-state index contributed by atoms with van der Waals surface area (Å²) in [5, 5.41) is 0. The van der Waals surface area contributed by atoms with Crippen LogP contribution in [0.4, 0.5) is 0 Å². The van der Waals surface area contributed by atoms with Crippen molar-refractivity contribution in [3.63, 3.8) is 0 Å². The van der Waals surface area contributed by atoms with Crippen LogP contribution in [0.5, 0.6) is 0 Å². The summed E-state index contributed by atoms with van der Waals surface area (Å²) in [7, 11) is -3.32. The average Bonchev–Trinajstić information content (AvgIpc) is 2.91. The quantitative estimate of drug-likeness (QED) is 0.105. The Morgan fingerprint density at radius 1 is 1.17 bits per heavy atom. The highest BCUT2D eigenvalue weighted by molar-refractivity contribution is 7.98. The predicted molar refractivity (Wildman–Crippen MR) is 156 cm³/mol. The van der Waals surface area contributed by atoms with Gasteiger partial charge in [0.2, 0.25) is 0 Å². The molecule has 0 aromatic heterocycles. The van der Waals surface area contributed by atoms with Crippen molar-refractivity contribution in [1.82, 2.24) is 0 Å². The molecule has 0 radical (unpaired) electrons. The summed E-state index contributed by atoms with van der Waals surface area (Å²) >= 11 is 0. The van der Waals surface area contributed by atoms with Crippen LogP contribution >= 0.6 is 0 Å². The zero-order chi connectivity index (χ0) is 26.8. The third kappa shape index (κ3) is 7.08. The van der Waals surface area contributed by atoms with Crippen molar-refractivity contribution >= 4 is 23.8 Å². The first kappa shape index (κ1) is 30.7. The lowest BCUT2D eigenvalue weighted by atomic mass is 9.77. The Morgan fingerprint density at radius 2 is 1.81 bits per heavy atom. The number of rotatable bonds is 14. The monoisotopic (exact) mass is 531 g/mol. The largest absolute Gasteiger partial charge is 0.413 e. The Morgan fingerprint density at radius 3 is 2.33 bits per heavy atom. The Labute approximate surface area is 222 Å². The van der Waals surface area contributed by atoms with E-state index in [0.717, 1.165) is 55.8 Å². The molecule has 1 aromatic carbocycles. The lowest BCUT2D eigenvalue weighted by molar-refractivity contribution is -0.115. The Bertz CT molecular complexity index is 996. The molecule has 2 rings (SSSR count). The molecule has 1 aliphatic carbocycles. The van der Waals surface area contributed by atoms with Crippen molar-refractivity contribution in [3.8, 4) is 0 Å². The minimum absolute atomic E-state index is 0.0225. The van der Waals surface area contributed by atoms with Gasteiger partial charge in [-0.25, -0.2) is 8.57 Å². The van der Waals surface area contributed by atoms with Crippen LogP contribution in [-0.4, -0.2) is 31.5 Å². The molecule has 0 amide bonds. The van der Waals surface area contributed by atoms with Gasteiger partial charge in [0, 0.05) is 19.4 Å². The van der Waals surface area contributed by atoms with Crippen molar-refractivity contribution in [1.29, 1.82) is 0 Å². The van der Waals surface area contributed by atoms with Gasteiger partial charge in [0.05, 0.1) is 15.9 Å². The molecule has 1 fully saturated rings. The Kier molecular flexibility index (Phi) is 12.3. The number of hydrogen-bond acceptors (Lipinski definition) is 4. The summed E-state index contributed by atoms with van der Waals surface area (Å²) < 4.78 is 26.4. The van der Waals surface area contributed by atoms with Gasteiger partial charge in [0.25, 0.3) is 0 Å². The third-order valence-electron chi connectivity index (χ3n) is 7.99. The number of unbranched alkanes of at least 4 members (excludes halogenated alkanes) is 1.